The molecule has 0 atom stereocenters. The first-order valence-electron chi connectivity index (χ1n) is 8.69. The van der Waals surface area contributed by atoms with Crippen molar-refractivity contribution < 1.29 is 14.6 Å². The van der Waals surface area contributed by atoms with Crippen molar-refractivity contribution in [3.63, 3.8) is 0 Å². The first kappa shape index (κ1) is 17.8. The Labute approximate surface area is 165 Å². The van der Waals surface area contributed by atoms with Crippen molar-refractivity contribution in [2.45, 2.75) is 12.5 Å². The summed E-state index contributed by atoms with van der Waals surface area (Å²) in [7, 11) is 0. The van der Waals surface area contributed by atoms with Crippen molar-refractivity contribution in [1.29, 1.82) is 0 Å². The smallest absolute Gasteiger partial charge is 0.411 e. The van der Waals surface area contributed by atoms with Crippen molar-refractivity contribution in [2.75, 3.05) is 11.9 Å². The molecule has 4 nitrogen and oxygen atoms in total. The van der Waals surface area contributed by atoms with Gasteiger partial charge < -0.3 is 9.84 Å². The largest absolute Gasteiger partial charge is 0.448 e. The number of anilines is 1. The van der Waals surface area contributed by atoms with Gasteiger partial charge in [0, 0.05) is 16.0 Å². The van der Waals surface area contributed by atoms with Gasteiger partial charge in [0.1, 0.15) is 6.61 Å². The fourth-order valence-corrected chi connectivity index (χ4v) is 4.08. The molecule has 2 N–H and O–H groups in total. The third-order valence-electron chi connectivity index (χ3n) is 4.84. The van der Waals surface area contributed by atoms with E-state index in [9.17, 15) is 9.90 Å². The van der Waals surface area contributed by atoms with Crippen molar-refractivity contribution >= 4 is 27.7 Å². The molecule has 5 heteroatoms. The Bertz CT molecular complexity index is 957. The maximum absolute atomic E-state index is 12.4. The Morgan fingerprint density at radius 1 is 0.963 bits per heavy atom. The van der Waals surface area contributed by atoms with E-state index in [1.54, 1.807) is 18.2 Å². The van der Waals surface area contributed by atoms with Crippen LogP contribution >= 0.6 is 15.9 Å². The zero-order valence-corrected chi connectivity index (χ0v) is 16.1. The van der Waals surface area contributed by atoms with Crippen LogP contribution in [-0.2, 0) is 11.3 Å². The number of hydrogen-bond acceptors (Lipinski definition) is 3. The van der Waals surface area contributed by atoms with Gasteiger partial charge in [-0.05, 0) is 44.3 Å². The molecule has 3 aromatic carbocycles. The van der Waals surface area contributed by atoms with Crippen LogP contribution in [0, 0.1) is 0 Å². The summed E-state index contributed by atoms with van der Waals surface area (Å²) in [6.07, 6.45) is -0.543. The van der Waals surface area contributed by atoms with Crippen LogP contribution in [0.15, 0.2) is 71.2 Å². The van der Waals surface area contributed by atoms with Gasteiger partial charge in [-0.1, -0.05) is 60.7 Å². The molecule has 1 amide bonds. The second kappa shape index (κ2) is 7.55. The lowest BCUT2D eigenvalue weighted by Crippen LogP contribution is -2.19. The van der Waals surface area contributed by atoms with Gasteiger partial charge in [0.05, 0.1) is 12.3 Å². The topological polar surface area (TPSA) is 58.6 Å². The SMILES string of the molecule is O=C(Nc1c(Br)cccc1CO)OCC1c2ccccc2-c2ccccc21. The predicted octanol–water partition coefficient (Wildman–Crippen LogP) is 5.30. The minimum atomic E-state index is -0.543. The average Bonchev–Trinajstić information content (AvgIpc) is 3.02. The van der Waals surface area contributed by atoms with Crippen molar-refractivity contribution in [2.24, 2.45) is 0 Å². The van der Waals surface area contributed by atoms with Gasteiger partial charge in [0.15, 0.2) is 0 Å². The van der Waals surface area contributed by atoms with Crippen LogP contribution < -0.4 is 5.32 Å². The van der Waals surface area contributed by atoms with Crippen molar-refractivity contribution in [3.8, 4) is 11.1 Å². The van der Waals surface area contributed by atoms with Gasteiger partial charge in [-0.25, -0.2) is 4.79 Å². The molecule has 0 radical (unpaired) electrons. The van der Waals surface area contributed by atoms with E-state index >= 15 is 0 Å². The van der Waals surface area contributed by atoms with Gasteiger partial charge >= 0.3 is 6.09 Å². The fourth-order valence-electron chi connectivity index (χ4n) is 3.58. The fraction of sp³-hybridized carbons (Fsp3) is 0.136. The summed E-state index contributed by atoms with van der Waals surface area (Å²) in [4.78, 5) is 12.4. The first-order valence-corrected chi connectivity index (χ1v) is 9.48. The summed E-state index contributed by atoms with van der Waals surface area (Å²) in [6, 6.07) is 21.8. The van der Waals surface area contributed by atoms with E-state index in [1.165, 1.54) is 22.3 Å². The second-order valence-corrected chi connectivity index (χ2v) is 7.24. The van der Waals surface area contributed by atoms with Crippen LogP contribution in [0.25, 0.3) is 11.1 Å². The summed E-state index contributed by atoms with van der Waals surface area (Å²) in [5.74, 6) is 0.0136. The number of aliphatic hydroxyl groups excluding tert-OH is 1. The number of amides is 1. The van der Waals surface area contributed by atoms with Crippen molar-refractivity contribution in [3.05, 3.63) is 87.9 Å². The van der Waals surface area contributed by atoms with Crippen LogP contribution in [0.1, 0.15) is 22.6 Å². The van der Waals surface area contributed by atoms with Crippen molar-refractivity contribution in [1.82, 2.24) is 0 Å². The number of para-hydroxylation sites is 1. The number of fused-ring (bicyclic) bond motifs is 3. The normalized spacial score (nSPS) is 12.4. The summed E-state index contributed by atoms with van der Waals surface area (Å²) >= 11 is 3.40. The maximum atomic E-state index is 12.4. The zero-order chi connectivity index (χ0) is 18.8. The molecule has 0 saturated carbocycles. The lowest BCUT2D eigenvalue weighted by atomic mass is 9.98. The monoisotopic (exact) mass is 423 g/mol. The Morgan fingerprint density at radius 2 is 1.59 bits per heavy atom. The van der Waals surface area contributed by atoms with Gasteiger partial charge in [0.2, 0.25) is 0 Å². The summed E-state index contributed by atoms with van der Waals surface area (Å²) in [5.41, 5.74) is 5.87. The number of nitrogens with one attached hydrogen (secondary N) is 1. The lowest BCUT2D eigenvalue weighted by molar-refractivity contribution is 0.158. The second-order valence-electron chi connectivity index (χ2n) is 6.38. The van der Waals surface area contributed by atoms with E-state index in [0.717, 1.165) is 0 Å². The molecule has 0 fully saturated rings. The van der Waals surface area contributed by atoms with E-state index in [-0.39, 0.29) is 19.1 Å². The van der Waals surface area contributed by atoms with E-state index in [4.69, 9.17) is 4.74 Å². The molecule has 0 unspecified atom stereocenters. The molecule has 3 aromatic rings. The number of carbonyl (C=O) groups excluding carboxylic acids is 1. The summed E-state index contributed by atoms with van der Waals surface area (Å²) in [6.45, 7) is 0.0806. The third-order valence-corrected chi connectivity index (χ3v) is 5.50. The number of ether oxygens (including phenoxy) is 1. The number of rotatable bonds is 4. The molecule has 0 spiro atoms. The Hall–Kier alpha value is -2.63. The highest BCUT2D eigenvalue weighted by molar-refractivity contribution is 9.10. The van der Waals surface area contributed by atoms with Crippen LogP contribution in [0.3, 0.4) is 0 Å². The number of halogens is 1. The third kappa shape index (κ3) is 3.36. The molecule has 0 aliphatic heterocycles. The average molecular weight is 424 g/mol. The quantitative estimate of drug-likeness (QED) is 0.598. The van der Waals surface area contributed by atoms with Gasteiger partial charge in [-0.3, -0.25) is 5.32 Å². The van der Waals surface area contributed by atoms with E-state index in [0.29, 0.717) is 15.7 Å². The molecule has 1 aliphatic carbocycles. The van der Waals surface area contributed by atoms with Crippen LogP contribution in [-0.4, -0.2) is 17.8 Å². The first-order chi connectivity index (χ1) is 13.2. The van der Waals surface area contributed by atoms with Crippen LogP contribution in [0.5, 0.6) is 0 Å². The summed E-state index contributed by atoms with van der Waals surface area (Å²) in [5, 5.41) is 12.2. The molecule has 136 valence electrons. The highest BCUT2D eigenvalue weighted by Crippen LogP contribution is 2.44. The molecular weight excluding hydrogens is 406 g/mol. The predicted molar refractivity (Wildman–Crippen MR) is 109 cm³/mol. The van der Waals surface area contributed by atoms with Gasteiger partial charge in [-0.2, -0.15) is 0 Å². The Morgan fingerprint density at radius 3 is 2.22 bits per heavy atom. The molecule has 0 aromatic heterocycles. The zero-order valence-electron chi connectivity index (χ0n) is 14.5. The molecule has 0 saturated heterocycles. The highest BCUT2D eigenvalue weighted by Gasteiger charge is 2.29. The maximum Gasteiger partial charge on any atom is 0.411 e. The summed E-state index contributed by atoms with van der Waals surface area (Å²) < 4.78 is 6.24. The molecule has 27 heavy (non-hydrogen) atoms. The Balaban J connectivity index is 1.52. The molecule has 1 aliphatic rings. The molecule has 4 rings (SSSR count). The number of carbonyl (C=O) groups is 1. The number of aliphatic hydroxyl groups is 1. The molecular formula is C22H18BrNO3. The van der Waals surface area contributed by atoms with Gasteiger partial charge in [-0.15, -0.1) is 0 Å². The van der Waals surface area contributed by atoms with Crippen LogP contribution in [0.4, 0.5) is 10.5 Å². The van der Waals surface area contributed by atoms with E-state index < -0.39 is 6.09 Å². The number of hydrogen-bond donors (Lipinski definition) is 2. The van der Waals surface area contributed by atoms with E-state index in [2.05, 4.69) is 45.5 Å². The molecule has 0 heterocycles. The van der Waals surface area contributed by atoms with Crippen LogP contribution in [0.2, 0.25) is 0 Å². The highest BCUT2D eigenvalue weighted by atomic mass is 79.9. The minimum absolute atomic E-state index is 0.0136. The Kier molecular flexibility index (Phi) is 4.97. The van der Waals surface area contributed by atoms with Gasteiger partial charge in [0.25, 0.3) is 0 Å². The minimum Gasteiger partial charge on any atom is -0.448 e. The standard InChI is InChI=1S/C22H18BrNO3/c23-20-11-5-6-14(12-25)21(20)24-22(26)27-13-19-17-9-3-1-7-15(17)16-8-2-4-10-18(16)19/h1-11,19,25H,12-13H2,(H,24,26). The van der Waals surface area contributed by atoms with E-state index in [1.807, 2.05) is 24.3 Å². The lowest BCUT2D eigenvalue weighted by Gasteiger charge is -2.16. The number of benzene rings is 3. The molecule has 0 bridgehead atoms.